The lowest BCUT2D eigenvalue weighted by Crippen LogP contribution is -2.26. The highest BCUT2D eigenvalue weighted by Crippen LogP contribution is 2.20. The largest absolute Gasteiger partial charge is 0.393 e. The van der Waals surface area contributed by atoms with Gasteiger partial charge in [-0.05, 0) is 37.1 Å². The predicted octanol–water partition coefficient (Wildman–Crippen LogP) is 3.11. The minimum absolute atomic E-state index is 0.00741. The molecule has 0 spiro atoms. The lowest BCUT2D eigenvalue weighted by atomic mass is 10.2. The molecule has 1 atom stereocenters. The van der Waals surface area contributed by atoms with Crippen molar-refractivity contribution < 1.29 is 9.90 Å². The van der Waals surface area contributed by atoms with Gasteiger partial charge in [0.05, 0.1) is 6.10 Å². The summed E-state index contributed by atoms with van der Waals surface area (Å²) in [7, 11) is 1.72. The first-order valence-electron chi connectivity index (χ1n) is 5.75. The summed E-state index contributed by atoms with van der Waals surface area (Å²) in [4.78, 5) is 13.4. The zero-order chi connectivity index (χ0) is 13.7. The van der Waals surface area contributed by atoms with E-state index in [2.05, 4.69) is 0 Å². The van der Waals surface area contributed by atoms with Gasteiger partial charge in [0.15, 0.2) is 0 Å². The van der Waals surface area contributed by atoms with Crippen LogP contribution in [-0.4, -0.2) is 29.1 Å². The molecule has 0 heterocycles. The van der Waals surface area contributed by atoms with Crippen molar-refractivity contribution in [1.29, 1.82) is 0 Å². The van der Waals surface area contributed by atoms with Gasteiger partial charge in [0, 0.05) is 30.1 Å². The quantitative estimate of drug-likeness (QED) is 0.905. The fraction of sp³-hybridized carbons (Fsp3) is 0.462. The molecule has 1 rings (SSSR count). The summed E-state index contributed by atoms with van der Waals surface area (Å²) < 4.78 is 0. The number of halogens is 2. The van der Waals surface area contributed by atoms with Crippen LogP contribution in [0.1, 0.15) is 25.3 Å². The van der Waals surface area contributed by atoms with Crippen molar-refractivity contribution in [2.24, 2.45) is 0 Å². The van der Waals surface area contributed by atoms with Gasteiger partial charge >= 0.3 is 0 Å². The van der Waals surface area contributed by atoms with Crippen LogP contribution in [0.15, 0.2) is 18.2 Å². The molecule has 0 saturated heterocycles. The van der Waals surface area contributed by atoms with Gasteiger partial charge in [0.25, 0.3) is 0 Å². The summed E-state index contributed by atoms with van der Waals surface area (Å²) in [5, 5.41) is 10.3. The first kappa shape index (κ1) is 15.3. The average molecular weight is 290 g/mol. The van der Waals surface area contributed by atoms with E-state index in [4.69, 9.17) is 28.3 Å². The first-order chi connectivity index (χ1) is 8.38. The van der Waals surface area contributed by atoms with Crippen LogP contribution in [-0.2, 0) is 11.3 Å². The Morgan fingerprint density at radius 2 is 1.89 bits per heavy atom. The summed E-state index contributed by atoms with van der Waals surface area (Å²) in [5.74, 6) is -0.00741. The summed E-state index contributed by atoms with van der Waals surface area (Å²) in [6, 6.07) is 5.22. The Morgan fingerprint density at radius 3 is 2.39 bits per heavy atom. The predicted molar refractivity (Wildman–Crippen MR) is 73.9 cm³/mol. The highest BCUT2D eigenvalue weighted by atomic mass is 35.5. The molecule has 0 aliphatic rings. The number of aliphatic hydroxyl groups is 1. The zero-order valence-electron chi connectivity index (χ0n) is 10.5. The fourth-order valence-corrected chi connectivity index (χ4v) is 2.16. The number of carbonyl (C=O) groups is 1. The van der Waals surface area contributed by atoms with E-state index < -0.39 is 6.10 Å². The van der Waals surface area contributed by atoms with Crippen molar-refractivity contribution in [2.45, 2.75) is 32.4 Å². The number of nitrogens with zero attached hydrogens (tertiary/aromatic N) is 1. The maximum atomic E-state index is 11.8. The van der Waals surface area contributed by atoms with E-state index in [1.807, 2.05) is 0 Å². The standard InChI is InChI=1S/C13H17Cl2NO2/c1-9(17)3-4-13(18)16(2)8-10-5-11(14)7-12(15)6-10/h5-7,9,17H,3-4,8H2,1-2H3. The molecule has 1 aromatic rings. The number of benzene rings is 1. The first-order valence-corrected chi connectivity index (χ1v) is 6.51. The van der Waals surface area contributed by atoms with E-state index in [0.717, 1.165) is 5.56 Å². The summed E-state index contributed by atoms with van der Waals surface area (Å²) >= 11 is 11.8. The van der Waals surface area contributed by atoms with Crippen molar-refractivity contribution >= 4 is 29.1 Å². The smallest absolute Gasteiger partial charge is 0.222 e. The molecule has 100 valence electrons. The van der Waals surface area contributed by atoms with Crippen LogP contribution in [0, 0.1) is 0 Å². The van der Waals surface area contributed by atoms with Crippen LogP contribution in [0.5, 0.6) is 0 Å². The van der Waals surface area contributed by atoms with Gasteiger partial charge in [-0.1, -0.05) is 23.2 Å². The third kappa shape index (κ3) is 5.25. The lowest BCUT2D eigenvalue weighted by Gasteiger charge is -2.18. The minimum atomic E-state index is -0.456. The van der Waals surface area contributed by atoms with E-state index in [0.29, 0.717) is 29.4 Å². The van der Waals surface area contributed by atoms with E-state index >= 15 is 0 Å². The van der Waals surface area contributed by atoms with Gasteiger partial charge in [0.1, 0.15) is 0 Å². The van der Waals surface area contributed by atoms with Crippen LogP contribution in [0.25, 0.3) is 0 Å². The number of amides is 1. The maximum Gasteiger partial charge on any atom is 0.222 e. The van der Waals surface area contributed by atoms with E-state index in [-0.39, 0.29) is 5.91 Å². The number of hydrogen-bond donors (Lipinski definition) is 1. The van der Waals surface area contributed by atoms with Crippen LogP contribution in [0.4, 0.5) is 0 Å². The third-order valence-electron chi connectivity index (χ3n) is 2.54. The topological polar surface area (TPSA) is 40.5 Å². The van der Waals surface area contributed by atoms with Crippen LogP contribution < -0.4 is 0 Å². The maximum absolute atomic E-state index is 11.8. The molecule has 18 heavy (non-hydrogen) atoms. The Kier molecular flexibility index (Phi) is 5.93. The van der Waals surface area contributed by atoms with Crippen LogP contribution in [0.2, 0.25) is 10.0 Å². The highest BCUT2D eigenvalue weighted by molar-refractivity contribution is 6.34. The Balaban J connectivity index is 2.58. The number of rotatable bonds is 5. The third-order valence-corrected chi connectivity index (χ3v) is 2.98. The van der Waals surface area contributed by atoms with E-state index in [1.165, 1.54) is 0 Å². The molecule has 1 aromatic carbocycles. The molecular formula is C13H17Cl2NO2. The normalized spacial score (nSPS) is 12.3. The van der Waals surface area contributed by atoms with Crippen LogP contribution in [0.3, 0.4) is 0 Å². The molecular weight excluding hydrogens is 273 g/mol. The number of carbonyl (C=O) groups excluding carboxylic acids is 1. The second-order valence-electron chi connectivity index (χ2n) is 4.42. The minimum Gasteiger partial charge on any atom is -0.393 e. The summed E-state index contributed by atoms with van der Waals surface area (Å²) in [6.07, 6.45) is 0.352. The SMILES string of the molecule is CC(O)CCC(=O)N(C)Cc1cc(Cl)cc(Cl)c1. The molecule has 5 heteroatoms. The van der Waals surface area contributed by atoms with Crippen molar-refractivity contribution in [3.63, 3.8) is 0 Å². The van der Waals surface area contributed by atoms with E-state index in [9.17, 15) is 4.79 Å². The van der Waals surface area contributed by atoms with Gasteiger partial charge in [0.2, 0.25) is 5.91 Å². The molecule has 0 aliphatic carbocycles. The number of aliphatic hydroxyl groups excluding tert-OH is 1. The van der Waals surface area contributed by atoms with Gasteiger partial charge in [-0.15, -0.1) is 0 Å². The van der Waals surface area contributed by atoms with Gasteiger partial charge in [-0.25, -0.2) is 0 Å². The van der Waals surface area contributed by atoms with Gasteiger partial charge < -0.3 is 10.0 Å². The molecule has 0 fully saturated rings. The molecule has 3 nitrogen and oxygen atoms in total. The molecule has 0 bridgehead atoms. The zero-order valence-corrected chi connectivity index (χ0v) is 12.0. The number of hydrogen-bond acceptors (Lipinski definition) is 2. The second-order valence-corrected chi connectivity index (χ2v) is 5.29. The highest BCUT2D eigenvalue weighted by Gasteiger charge is 2.11. The van der Waals surface area contributed by atoms with Gasteiger partial charge in [-0.2, -0.15) is 0 Å². The average Bonchev–Trinajstić information content (AvgIpc) is 2.24. The Hall–Kier alpha value is -0.770. The van der Waals surface area contributed by atoms with Crippen molar-refractivity contribution in [1.82, 2.24) is 4.90 Å². The van der Waals surface area contributed by atoms with Crippen LogP contribution >= 0.6 is 23.2 Å². The summed E-state index contributed by atoms with van der Waals surface area (Å²) in [6.45, 7) is 2.13. The molecule has 0 radical (unpaired) electrons. The Labute approximate surface area is 117 Å². The fourth-order valence-electron chi connectivity index (χ4n) is 1.59. The molecule has 1 unspecified atom stereocenters. The molecule has 0 aromatic heterocycles. The summed E-state index contributed by atoms with van der Waals surface area (Å²) in [5.41, 5.74) is 0.889. The van der Waals surface area contributed by atoms with Crippen molar-refractivity contribution in [3.8, 4) is 0 Å². The molecule has 0 aliphatic heterocycles. The molecule has 1 N–H and O–H groups in total. The molecule has 1 amide bonds. The molecule has 0 saturated carbocycles. The van der Waals surface area contributed by atoms with Gasteiger partial charge in [-0.3, -0.25) is 4.79 Å². The van der Waals surface area contributed by atoms with E-state index in [1.54, 1.807) is 37.1 Å². The monoisotopic (exact) mass is 289 g/mol. The van der Waals surface area contributed by atoms with Crippen molar-refractivity contribution in [3.05, 3.63) is 33.8 Å². The van der Waals surface area contributed by atoms with Crippen molar-refractivity contribution in [2.75, 3.05) is 7.05 Å². The Morgan fingerprint density at radius 1 is 1.33 bits per heavy atom. The lowest BCUT2D eigenvalue weighted by molar-refractivity contribution is -0.131. The second kappa shape index (κ2) is 6.98. The Bertz CT molecular complexity index is 401.